The van der Waals surface area contributed by atoms with Gasteiger partial charge in [0.05, 0.1) is 19.8 Å². The van der Waals surface area contributed by atoms with Crippen molar-refractivity contribution >= 4 is 17.5 Å². The minimum atomic E-state index is -0.293. The first-order valence-corrected chi connectivity index (χ1v) is 11.6. The monoisotopic (exact) mass is 459 g/mol. The molecule has 33 heavy (non-hydrogen) atoms. The van der Waals surface area contributed by atoms with Gasteiger partial charge in [-0.05, 0) is 13.3 Å². The van der Waals surface area contributed by atoms with E-state index in [1.165, 1.54) is 4.90 Å². The van der Waals surface area contributed by atoms with Gasteiger partial charge in [0.15, 0.2) is 0 Å². The van der Waals surface area contributed by atoms with Gasteiger partial charge < -0.3 is 19.3 Å². The summed E-state index contributed by atoms with van der Waals surface area (Å²) in [7, 11) is 5.04. The number of Topliss-reactive ketones (excluding diaryl/α,β-unsaturated/α-hetero) is 2. The molecule has 8 heteroatoms. The molecule has 0 radical (unpaired) electrons. The predicted octanol–water partition coefficient (Wildman–Crippen LogP) is 2.45. The van der Waals surface area contributed by atoms with Gasteiger partial charge in [-0.25, -0.2) is 0 Å². The highest BCUT2D eigenvalue weighted by Gasteiger charge is 2.38. The minimum Gasteiger partial charge on any atom is -0.383 e. The second kappa shape index (κ2) is 13.2. The van der Waals surface area contributed by atoms with E-state index in [2.05, 4.69) is 6.92 Å². The Bertz CT molecular complexity index is 859. The molecule has 1 amide bonds. The second-order valence-corrected chi connectivity index (χ2v) is 8.08. The molecule has 0 saturated carbocycles. The van der Waals surface area contributed by atoms with E-state index in [1.807, 2.05) is 23.8 Å². The SMILES string of the molecule is CCCCN(C)C1=C(N(CC)C(=O)CN(CCOC)CCOC)C(=O)c2ccccc2C1=O. The zero-order valence-electron chi connectivity index (χ0n) is 20.6. The van der Waals surface area contributed by atoms with E-state index in [0.29, 0.717) is 49.7 Å². The third-order valence-electron chi connectivity index (χ3n) is 5.77. The van der Waals surface area contributed by atoms with Crippen LogP contribution in [-0.2, 0) is 14.3 Å². The van der Waals surface area contributed by atoms with Crippen LogP contribution in [0.15, 0.2) is 35.7 Å². The molecule has 0 atom stereocenters. The van der Waals surface area contributed by atoms with E-state index in [0.717, 1.165) is 12.8 Å². The number of ether oxygens (including phenoxy) is 2. The molecule has 0 spiro atoms. The zero-order chi connectivity index (χ0) is 24.4. The normalized spacial score (nSPS) is 13.5. The van der Waals surface area contributed by atoms with Crippen LogP contribution in [0.4, 0.5) is 0 Å². The Balaban J connectivity index is 2.46. The Hall–Kier alpha value is -2.55. The summed E-state index contributed by atoms with van der Waals surface area (Å²) < 4.78 is 10.3. The summed E-state index contributed by atoms with van der Waals surface area (Å²) in [6.07, 6.45) is 1.83. The number of hydrogen-bond donors (Lipinski definition) is 0. The maximum atomic E-state index is 13.6. The van der Waals surface area contributed by atoms with Gasteiger partial charge in [0.25, 0.3) is 0 Å². The number of carbonyl (C=O) groups excluding carboxylic acids is 3. The number of methoxy groups -OCH3 is 2. The lowest BCUT2D eigenvalue weighted by atomic mass is 9.89. The molecule has 8 nitrogen and oxygen atoms in total. The topological polar surface area (TPSA) is 79.4 Å². The van der Waals surface area contributed by atoms with E-state index in [4.69, 9.17) is 9.47 Å². The van der Waals surface area contributed by atoms with Gasteiger partial charge in [-0.3, -0.25) is 19.3 Å². The van der Waals surface area contributed by atoms with Crippen molar-refractivity contribution in [1.82, 2.24) is 14.7 Å². The number of unbranched alkanes of at least 4 members (excludes halogenated alkanes) is 1. The fourth-order valence-electron chi connectivity index (χ4n) is 3.91. The maximum absolute atomic E-state index is 13.6. The van der Waals surface area contributed by atoms with E-state index in [-0.39, 0.29) is 36.3 Å². The van der Waals surface area contributed by atoms with E-state index in [1.54, 1.807) is 38.5 Å². The van der Waals surface area contributed by atoms with Crippen LogP contribution >= 0.6 is 0 Å². The summed E-state index contributed by atoms with van der Waals surface area (Å²) in [5.74, 6) is -0.749. The first-order chi connectivity index (χ1) is 15.9. The standard InChI is InChI=1S/C25H37N3O5/c1-6-8-13-26(3)22-23(25(31)20-12-10-9-11-19(20)24(22)30)28(7-2)21(29)18-27(14-16-32-4)15-17-33-5/h9-12H,6-8,13-18H2,1-5H3. The molecule has 0 fully saturated rings. The number of fused-ring (bicyclic) bond motifs is 1. The van der Waals surface area contributed by atoms with Crippen molar-refractivity contribution in [2.24, 2.45) is 0 Å². The van der Waals surface area contributed by atoms with Crippen LogP contribution in [0.3, 0.4) is 0 Å². The zero-order valence-corrected chi connectivity index (χ0v) is 20.6. The third-order valence-corrected chi connectivity index (χ3v) is 5.77. The number of allylic oxidation sites excluding steroid dienone is 2. The number of nitrogens with zero attached hydrogens (tertiary/aromatic N) is 3. The number of amides is 1. The largest absolute Gasteiger partial charge is 0.383 e. The number of ketones is 2. The molecule has 0 unspecified atom stereocenters. The van der Waals surface area contributed by atoms with Gasteiger partial charge in [-0.2, -0.15) is 0 Å². The van der Waals surface area contributed by atoms with Crippen LogP contribution in [0.5, 0.6) is 0 Å². The van der Waals surface area contributed by atoms with Crippen LogP contribution in [-0.4, -0.2) is 99.4 Å². The summed E-state index contributed by atoms with van der Waals surface area (Å²) in [6.45, 7) is 6.95. The summed E-state index contributed by atoms with van der Waals surface area (Å²) in [4.78, 5) is 45.7. The lowest BCUT2D eigenvalue weighted by molar-refractivity contribution is -0.130. The van der Waals surface area contributed by atoms with Gasteiger partial charge in [0.2, 0.25) is 17.5 Å². The van der Waals surface area contributed by atoms with Crippen molar-refractivity contribution in [3.05, 3.63) is 46.8 Å². The number of hydrogen-bond acceptors (Lipinski definition) is 7. The number of benzene rings is 1. The van der Waals surface area contributed by atoms with Crippen molar-refractivity contribution in [1.29, 1.82) is 0 Å². The Labute approximate surface area is 197 Å². The summed E-state index contributed by atoms with van der Waals surface area (Å²) in [5.41, 5.74) is 1.19. The Kier molecular flexibility index (Phi) is 10.7. The van der Waals surface area contributed by atoms with E-state index in [9.17, 15) is 14.4 Å². The highest BCUT2D eigenvalue weighted by molar-refractivity contribution is 6.27. The molecule has 1 aliphatic rings. The fourth-order valence-corrected chi connectivity index (χ4v) is 3.91. The number of likely N-dealkylation sites (N-methyl/N-ethyl adjacent to an activating group) is 2. The fraction of sp³-hybridized carbons (Fsp3) is 0.560. The van der Waals surface area contributed by atoms with Crippen molar-refractivity contribution in [3.63, 3.8) is 0 Å². The molecular weight excluding hydrogens is 422 g/mol. The third kappa shape index (κ3) is 6.50. The molecule has 1 aliphatic carbocycles. The number of rotatable bonds is 14. The Morgan fingerprint density at radius 3 is 1.91 bits per heavy atom. The van der Waals surface area contributed by atoms with Crippen molar-refractivity contribution in [3.8, 4) is 0 Å². The van der Waals surface area contributed by atoms with Crippen molar-refractivity contribution < 1.29 is 23.9 Å². The molecule has 182 valence electrons. The molecule has 0 aromatic heterocycles. The lowest BCUT2D eigenvalue weighted by Gasteiger charge is -2.34. The smallest absolute Gasteiger partial charge is 0.241 e. The van der Waals surface area contributed by atoms with Crippen molar-refractivity contribution in [2.45, 2.75) is 26.7 Å². The molecule has 2 rings (SSSR count). The summed E-state index contributed by atoms with van der Waals surface area (Å²) in [5, 5.41) is 0. The molecular formula is C25H37N3O5. The molecule has 0 saturated heterocycles. The average Bonchev–Trinajstić information content (AvgIpc) is 2.82. The maximum Gasteiger partial charge on any atom is 0.241 e. The minimum absolute atomic E-state index is 0.0964. The Morgan fingerprint density at radius 2 is 1.42 bits per heavy atom. The van der Waals surface area contributed by atoms with Crippen molar-refractivity contribution in [2.75, 3.05) is 67.2 Å². The molecule has 1 aromatic carbocycles. The van der Waals surface area contributed by atoms with Gasteiger partial charge in [0, 0.05) is 58.6 Å². The quantitative estimate of drug-likeness (QED) is 0.423. The van der Waals surface area contributed by atoms with Crippen LogP contribution in [0.1, 0.15) is 47.4 Å². The molecule has 1 aromatic rings. The highest BCUT2D eigenvalue weighted by Crippen LogP contribution is 2.30. The van der Waals surface area contributed by atoms with Gasteiger partial charge in [-0.15, -0.1) is 0 Å². The number of carbonyl (C=O) groups is 3. The van der Waals surface area contributed by atoms with Gasteiger partial charge in [0.1, 0.15) is 11.4 Å². The molecule has 0 aliphatic heterocycles. The average molecular weight is 460 g/mol. The predicted molar refractivity (Wildman–Crippen MR) is 127 cm³/mol. The molecule has 0 heterocycles. The van der Waals surface area contributed by atoms with Crippen LogP contribution in [0, 0.1) is 0 Å². The molecule has 0 bridgehead atoms. The summed E-state index contributed by atoms with van der Waals surface area (Å²) >= 11 is 0. The van der Waals surface area contributed by atoms with Gasteiger partial charge in [-0.1, -0.05) is 37.6 Å². The van der Waals surface area contributed by atoms with Crippen LogP contribution in [0.25, 0.3) is 0 Å². The van der Waals surface area contributed by atoms with Crippen LogP contribution in [0.2, 0.25) is 0 Å². The first kappa shape index (κ1) is 26.7. The van der Waals surface area contributed by atoms with E-state index >= 15 is 0 Å². The first-order valence-electron chi connectivity index (χ1n) is 11.6. The van der Waals surface area contributed by atoms with E-state index < -0.39 is 0 Å². The highest BCUT2D eigenvalue weighted by atomic mass is 16.5. The summed E-state index contributed by atoms with van der Waals surface area (Å²) in [6, 6.07) is 6.82. The Morgan fingerprint density at radius 1 is 0.879 bits per heavy atom. The second-order valence-electron chi connectivity index (χ2n) is 8.08. The lowest BCUT2D eigenvalue weighted by Crippen LogP contribution is -2.46. The van der Waals surface area contributed by atoms with Crippen LogP contribution < -0.4 is 0 Å². The van der Waals surface area contributed by atoms with Gasteiger partial charge >= 0.3 is 0 Å². The molecule has 0 N–H and O–H groups in total.